The van der Waals surface area contributed by atoms with Gasteiger partial charge >= 0.3 is 11.3 Å². The predicted octanol–water partition coefficient (Wildman–Crippen LogP) is 4.64. The summed E-state index contributed by atoms with van der Waals surface area (Å²) >= 11 is 3.44. The predicted molar refractivity (Wildman–Crippen MR) is 116 cm³/mol. The van der Waals surface area contributed by atoms with Crippen molar-refractivity contribution in [3.05, 3.63) is 73.3 Å². The Kier molecular flexibility index (Phi) is 3.91. The van der Waals surface area contributed by atoms with Gasteiger partial charge in [0, 0.05) is 39.5 Å². The fourth-order valence-electron chi connectivity index (χ4n) is 4.13. The fourth-order valence-corrected chi connectivity index (χ4v) is 4.51. The molecule has 1 fully saturated rings. The van der Waals surface area contributed by atoms with E-state index in [2.05, 4.69) is 20.8 Å². The van der Waals surface area contributed by atoms with E-state index in [1.165, 1.54) is 6.07 Å². The first-order chi connectivity index (χ1) is 14.6. The maximum Gasteiger partial charge on any atom is 0.344 e. The molecule has 3 heterocycles. The van der Waals surface area contributed by atoms with E-state index < -0.39 is 11.3 Å². The van der Waals surface area contributed by atoms with Crippen molar-refractivity contribution in [1.29, 1.82) is 0 Å². The average Bonchev–Trinajstić information content (AvgIpc) is 3.58. The molecule has 0 atom stereocenters. The molecule has 0 spiro atoms. The molecule has 0 saturated heterocycles. The van der Waals surface area contributed by atoms with E-state index in [0.717, 1.165) is 28.3 Å². The van der Waals surface area contributed by atoms with Gasteiger partial charge in [0.15, 0.2) is 0 Å². The summed E-state index contributed by atoms with van der Waals surface area (Å²) in [7, 11) is 0. The summed E-state index contributed by atoms with van der Waals surface area (Å²) in [5.74, 6) is 0.717. The molecule has 2 aliphatic rings. The van der Waals surface area contributed by atoms with Crippen LogP contribution in [0.15, 0.2) is 65.4 Å². The topological polar surface area (TPSA) is 72.9 Å². The minimum atomic E-state index is -0.511. The van der Waals surface area contributed by atoms with Crippen LogP contribution in [0, 0.1) is 0 Å². The van der Waals surface area contributed by atoms with Crippen LogP contribution in [-0.2, 0) is 6.54 Å². The Labute approximate surface area is 178 Å². The molecule has 6 rings (SSSR count). The number of fused-ring (bicyclic) bond motifs is 4. The first-order valence-electron chi connectivity index (χ1n) is 9.77. The van der Waals surface area contributed by atoms with Crippen molar-refractivity contribution in [3.63, 3.8) is 0 Å². The van der Waals surface area contributed by atoms with Crippen molar-refractivity contribution in [2.45, 2.75) is 25.4 Å². The molecule has 0 bridgehead atoms. The standard InChI is InChI=1S/C23H16BrNO5/c24-13-1-5-19-12(7-13)8-17(23(27)29-19)16-9-21(26)30-22-15(16)4-6-20-18(22)10-25(11-28-20)14-2-3-14/h1,4-9,14H,2-3,10-11H2. The number of rotatable bonds is 2. The summed E-state index contributed by atoms with van der Waals surface area (Å²) in [6, 6.07) is 12.8. The molecule has 0 unspecified atom stereocenters. The first kappa shape index (κ1) is 17.9. The summed E-state index contributed by atoms with van der Waals surface area (Å²) in [4.78, 5) is 27.5. The van der Waals surface area contributed by atoms with Crippen molar-refractivity contribution in [2.75, 3.05) is 6.73 Å². The summed E-state index contributed by atoms with van der Waals surface area (Å²) in [5.41, 5.74) is 1.63. The number of hydrogen-bond acceptors (Lipinski definition) is 6. The lowest BCUT2D eigenvalue weighted by Crippen LogP contribution is -2.33. The zero-order chi connectivity index (χ0) is 20.4. The van der Waals surface area contributed by atoms with Gasteiger partial charge in [-0.1, -0.05) is 15.9 Å². The SMILES string of the molecule is O=c1cc(-c2cc3cc(Br)ccc3oc2=O)c2ccc3c(c2o1)CN(C1CC1)CO3. The van der Waals surface area contributed by atoms with E-state index in [0.29, 0.717) is 52.7 Å². The highest BCUT2D eigenvalue weighted by Crippen LogP contribution is 2.39. The molecule has 0 radical (unpaired) electrons. The van der Waals surface area contributed by atoms with E-state index in [1.54, 1.807) is 12.1 Å². The number of ether oxygens (including phenoxy) is 1. The van der Waals surface area contributed by atoms with Crippen molar-refractivity contribution in [1.82, 2.24) is 4.90 Å². The maximum atomic E-state index is 12.8. The largest absolute Gasteiger partial charge is 0.478 e. The Balaban J connectivity index is 1.60. The Morgan fingerprint density at radius 2 is 1.83 bits per heavy atom. The summed E-state index contributed by atoms with van der Waals surface area (Å²) < 4.78 is 17.9. The molecule has 0 amide bonds. The van der Waals surface area contributed by atoms with Crippen LogP contribution in [0.2, 0.25) is 0 Å². The Hall–Kier alpha value is -2.90. The molecule has 1 aliphatic carbocycles. The molecule has 2 aromatic carbocycles. The van der Waals surface area contributed by atoms with Crippen LogP contribution in [-0.4, -0.2) is 17.7 Å². The molecular formula is C23H16BrNO5. The Bertz CT molecular complexity index is 1450. The Morgan fingerprint density at radius 3 is 2.67 bits per heavy atom. The number of halogens is 1. The van der Waals surface area contributed by atoms with Crippen LogP contribution in [0.4, 0.5) is 0 Å². The zero-order valence-electron chi connectivity index (χ0n) is 15.8. The van der Waals surface area contributed by atoms with E-state index in [4.69, 9.17) is 13.6 Å². The second kappa shape index (κ2) is 6.55. The molecule has 4 aromatic rings. The van der Waals surface area contributed by atoms with Crippen LogP contribution in [0.1, 0.15) is 18.4 Å². The normalized spacial score (nSPS) is 16.6. The quantitative estimate of drug-likeness (QED) is 0.401. The molecule has 0 N–H and O–H groups in total. The first-order valence-corrected chi connectivity index (χ1v) is 10.6. The molecule has 1 aliphatic heterocycles. The smallest absolute Gasteiger partial charge is 0.344 e. The molecular weight excluding hydrogens is 450 g/mol. The van der Waals surface area contributed by atoms with Gasteiger partial charge in [-0.2, -0.15) is 0 Å². The number of hydrogen-bond donors (Lipinski definition) is 0. The van der Waals surface area contributed by atoms with Crippen molar-refractivity contribution in [2.24, 2.45) is 0 Å². The number of benzene rings is 2. The highest BCUT2D eigenvalue weighted by molar-refractivity contribution is 9.10. The summed E-state index contributed by atoms with van der Waals surface area (Å²) in [6.45, 7) is 1.19. The van der Waals surface area contributed by atoms with Crippen molar-refractivity contribution in [3.8, 4) is 16.9 Å². The Morgan fingerprint density at radius 1 is 0.967 bits per heavy atom. The van der Waals surface area contributed by atoms with Gasteiger partial charge in [0.2, 0.25) is 0 Å². The van der Waals surface area contributed by atoms with Gasteiger partial charge < -0.3 is 13.6 Å². The van der Waals surface area contributed by atoms with E-state index in [9.17, 15) is 9.59 Å². The lowest BCUT2D eigenvalue weighted by Gasteiger charge is -2.29. The van der Waals surface area contributed by atoms with Gasteiger partial charge in [-0.3, -0.25) is 4.90 Å². The molecule has 6 nitrogen and oxygen atoms in total. The number of nitrogens with zero attached hydrogens (tertiary/aromatic N) is 1. The van der Waals surface area contributed by atoms with E-state index in [-0.39, 0.29) is 0 Å². The van der Waals surface area contributed by atoms with Crippen molar-refractivity contribution < 1.29 is 13.6 Å². The highest BCUT2D eigenvalue weighted by Gasteiger charge is 2.33. The summed E-state index contributed by atoms with van der Waals surface area (Å²) in [6.07, 6.45) is 2.32. The lowest BCUT2D eigenvalue weighted by molar-refractivity contribution is 0.0885. The van der Waals surface area contributed by atoms with Gasteiger partial charge in [0.1, 0.15) is 23.6 Å². The van der Waals surface area contributed by atoms with Gasteiger partial charge in [0.25, 0.3) is 0 Å². The minimum Gasteiger partial charge on any atom is -0.478 e. The van der Waals surface area contributed by atoms with Gasteiger partial charge in [0.05, 0.1) is 11.1 Å². The van der Waals surface area contributed by atoms with Gasteiger partial charge in [-0.05, 0) is 49.2 Å². The minimum absolute atomic E-state index is 0.328. The summed E-state index contributed by atoms with van der Waals surface area (Å²) in [5, 5.41) is 1.46. The molecule has 1 saturated carbocycles. The van der Waals surface area contributed by atoms with E-state index >= 15 is 0 Å². The van der Waals surface area contributed by atoms with Gasteiger partial charge in [-0.25, -0.2) is 9.59 Å². The lowest BCUT2D eigenvalue weighted by atomic mass is 9.99. The third kappa shape index (κ3) is 2.88. The molecule has 7 heteroatoms. The maximum absolute atomic E-state index is 12.8. The van der Waals surface area contributed by atoms with Crippen molar-refractivity contribution >= 4 is 37.9 Å². The second-order valence-electron chi connectivity index (χ2n) is 7.78. The van der Waals surface area contributed by atoms with E-state index in [1.807, 2.05) is 24.3 Å². The molecule has 2 aromatic heterocycles. The fraction of sp³-hybridized carbons (Fsp3) is 0.217. The zero-order valence-corrected chi connectivity index (χ0v) is 17.4. The van der Waals surface area contributed by atoms with Crippen LogP contribution >= 0.6 is 15.9 Å². The van der Waals surface area contributed by atoms with Crippen LogP contribution in [0.5, 0.6) is 5.75 Å². The van der Waals surface area contributed by atoms with Crippen LogP contribution in [0.3, 0.4) is 0 Å². The average molecular weight is 466 g/mol. The monoisotopic (exact) mass is 465 g/mol. The molecule has 150 valence electrons. The second-order valence-corrected chi connectivity index (χ2v) is 8.69. The third-order valence-electron chi connectivity index (χ3n) is 5.77. The third-order valence-corrected chi connectivity index (χ3v) is 6.26. The van der Waals surface area contributed by atoms with Crippen LogP contribution < -0.4 is 16.0 Å². The van der Waals surface area contributed by atoms with Gasteiger partial charge in [-0.15, -0.1) is 0 Å². The highest BCUT2D eigenvalue weighted by atomic mass is 79.9. The van der Waals surface area contributed by atoms with Crippen LogP contribution in [0.25, 0.3) is 33.1 Å². The molecule has 30 heavy (non-hydrogen) atoms.